The maximum atomic E-state index is 13.8. The van der Waals surface area contributed by atoms with Gasteiger partial charge >= 0.3 is 0 Å². The van der Waals surface area contributed by atoms with Crippen LogP contribution in [0.5, 0.6) is 0 Å². The van der Waals surface area contributed by atoms with Gasteiger partial charge in [0.05, 0.1) is 11.9 Å². The van der Waals surface area contributed by atoms with Gasteiger partial charge in [0.25, 0.3) is 0 Å². The number of thiophene rings is 1. The molecule has 1 saturated heterocycles. The third kappa shape index (κ3) is 5.21. The molecular formula is C27H29FN6OS. The van der Waals surface area contributed by atoms with Crippen molar-refractivity contribution in [2.75, 3.05) is 18.0 Å². The molecule has 1 fully saturated rings. The molecule has 0 atom stereocenters. The molecule has 36 heavy (non-hydrogen) atoms. The Balaban J connectivity index is 0.000000195. The lowest BCUT2D eigenvalue weighted by molar-refractivity contribution is -0.109. The van der Waals surface area contributed by atoms with E-state index in [0.717, 1.165) is 41.9 Å². The van der Waals surface area contributed by atoms with Gasteiger partial charge in [-0.25, -0.2) is 19.0 Å². The fraction of sp³-hybridized carbons (Fsp3) is 0.259. The summed E-state index contributed by atoms with van der Waals surface area (Å²) in [4.78, 5) is 21.1. The molecule has 5 aromatic rings. The predicted molar refractivity (Wildman–Crippen MR) is 144 cm³/mol. The van der Waals surface area contributed by atoms with Crippen LogP contribution in [0.4, 0.5) is 10.2 Å². The van der Waals surface area contributed by atoms with Crippen LogP contribution in [0.3, 0.4) is 0 Å². The predicted octanol–water partition coefficient (Wildman–Crippen LogP) is 5.65. The number of amides is 1. The lowest BCUT2D eigenvalue weighted by atomic mass is 10.1. The van der Waals surface area contributed by atoms with Crippen LogP contribution in [0, 0.1) is 12.7 Å². The Hall–Kier alpha value is -3.85. The topological polar surface area (TPSA) is 75.9 Å². The highest BCUT2D eigenvalue weighted by Gasteiger charge is 2.18. The summed E-state index contributed by atoms with van der Waals surface area (Å²) in [7, 11) is 0. The monoisotopic (exact) mass is 504 g/mol. The maximum absolute atomic E-state index is 13.8. The molecule has 1 N–H and O–H groups in total. The van der Waals surface area contributed by atoms with Gasteiger partial charge in [0.2, 0.25) is 6.41 Å². The van der Waals surface area contributed by atoms with Crippen molar-refractivity contribution in [2.24, 2.45) is 0 Å². The van der Waals surface area contributed by atoms with Crippen LogP contribution in [-0.2, 0) is 11.3 Å². The van der Waals surface area contributed by atoms with Gasteiger partial charge in [-0.3, -0.25) is 4.79 Å². The first kappa shape index (κ1) is 23.9. The fourth-order valence-electron chi connectivity index (χ4n) is 4.30. The minimum Gasteiger partial charge on any atom is -0.355 e. The molecule has 6 rings (SSSR count). The van der Waals surface area contributed by atoms with E-state index < -0.39 is 0 Å². The van der Waals surface area contributed by atoms with E-state index in [1.807, 2.05) is 18.3 Å². The normalized spacial score (nSPS) is 13.4. The van der Waals surface area contributed by atoms with Crippen LogP contribution < -0.4 is 10.2 Å². The molecule has 0 bridgehead atoms. The molecule has 4 heterocycles. The van der Waals surface area contributed by atoms with E-state index >= 15 is 0 Å². The Bertz CT molecular complexity index is 1500. The summed E-state index contributed by atoms with van der Waals surface area (Å²) in [6.07, 6.45) is 7.74. The molecule has 7 nitrogen and oxygen atoms in total. The van der Waals surface area contributed by atoms with Gasteiger partial charge in [0.15, 0.2) is 11.3 Å². The zero-order chi connectivity index (χ0) is 24.9. The number of halogens is 1. The Labute approximate surface area is 214 Å². The molecule has 0 radical (unpaired) electrons. The van der Waals surface area contributed by atoms with E-state index in [-0.39, 0.29) is 7.24 Å². The largest absolute Gasteiger partial charge is 0.355 e. The number of carbonyl (C=O) groups excluding carboxylic acids is 1. The number of nitrogens with zero attached hydrogens (tertiary/aromatic N) is 5. The van der Waals surface area contributed by atoms with Crippen molar-refractivity contribution in [3.8, 4) is 5.69 Å². The first-order chi connectivity index (χ1) is 17.6. The number of benzene rings is 2. The summed E-state index contributed by atoms with van der Waals surface area (Å²) in [5, 5.41) is 10.6. The van der Waals surface area contributed by atoms with Crippen molar-refractivity contribution in [1.29, 1.82) is 0 Å². The number of rotatable bonds is 5. The van der Waals surface area contributed by atoms with Crippen molar-refractivity contribution in [3.63, 3.8) is 0 Å². The van der Waals surface area contributed by atoms with Crippen LogP contribution in [0.25, 0.3) is 26.8 Å². The number of aromatic nitrogens is 4. The zero-order valence-electron chi connectivity index (χ0n) is 20.0. The Morgan fingerprint density at radius 3 is 2.78 bits per heavy atom. The minimum absolute atomic E-state index is 0. The molecule has 0 spiro atoms. The molecule has 0 aliphatic carbocycles. The first-order valence-corrected chi connectivity index (χ1v) is 12.9. The quantitative estimate of drug-likeness (QED) is 0.313. The molecule has 1 amide bonds. The molecular weight excluding hydrogens is 475 g/mol. The smallest absolute Gasteiger partial charge is 0.207 e. The van der Waals surface area contributed by atoms with E-state index in [9.17, 15) is 9.18 Å². The van der Waals surface area contributed by atoms with Gasteiger partial charge in [-0.05, 0) is 78.4 Å². The second-order valence-corrected chi connectivity index (χ2v) is 9.73. The number of fused-ring (bicyclic) bond motifs is 2. The van der Waals surface area contributed by atoms with Gasteiger partial charge in [0.1, 0.15) is 17.7 Å². The van der Waals surface area contributed by atoms with E-state index in [0.29, 0.717) is 17.8 Å². The highest BCUT2D eigenvalue weighted by atomic mass is 32.1. The van der Waals surface area contributed by atoms with Gasteiger partial charge in [-0.2, -0.15) is 5.10 Å². The van der Waals surface area contributed by atoms with Crippen LogP contribution in [0.1, 0.15) is 31.8 Å². The Kier molecular flexibility index (Phi) is 7.18. The number of hydrogen-bond donors (Lipinski definition) is 1. The van der Waals surface area contributed by atoms with E-state index in [2.05, 4.69) is 48.9 Å². The van der Waals surface area contributed by atoms with Crippen molar-refractivity contribution in [1.82, 2.24) is 25.1 Å². The van der Waals surface area contributed by atoms with E-state index in [1.165, 1.54) is 35.4 Å². The summed E-state index contributed by atoms with van der Waals surface area (Å²) in [6, 6.07) is 13.4. The number of hydrogen-bond acceptors (Lipinski definition) is 6. The van der Waals surface area contributed by atoms with Crippen LogP contribution in [0.15, 0.2) is 60.4 Å². The fourth-order valence-corrected chi connectivity index (χ4v) is 5.08. The summed E-state index contributed by atoms with van der Waals surface area (Å²) in [6.45, 7) is 4.35. The Morgan fingerprint density at radius 1 is 1.11 bits per heavy atom. The molecule has 3 aromatic heterocycles. The van der Waals surface area contributed by atoms with Gasteiger partial charge in [-0.1, -0.05) is 12.1 Å². The average Bonchev–Trinajstić information content (AvgIpc) is 3.56. The molecule has 2 aromatic carbocycles. The zero-order valence-corrected chi connectivity index (χ0v) is 20.8. The molecule has 1 aliphatic heterocycles. The minimum atomic E-state index is -0.232. The van der Waals surface area contributed by atoms with Gasteiger partial charge < -0.3 is 10.2 Å². The van der Waals surface area contributed by atoms with Crippen LogP contribution in [-0.4, -0.2) is 39.2 Å². The number of aryl methyl sites for hydroxylation is 1. The SMILES string of the molecule is Cc1ccc(-n2cc3ncnc(N4CCCCC4)c3n2)cc1F.O=CNCc1ccc2sccc2c1.[HH]. The van der Waals surface area contributed by atoms with Crippen molar-refractivity contribution < 1.29 is 10.6 Å². The van der Waals surface area contributed by atoms with Crippen LogP contribution >= 0.6 is 11.3 Å². The van der Waals surface area contributed by atoms with Crippen molar-refractivity contribution >= 4 is 44.7 Å². The number of nitrogens with one attached hydrogen (secondary N) is 1. The molecule has 0 saturated carbocycles. The molecule has 1 aliphatic rings. The second-order valence-electron chi connectivity index (χ2n) is 8.78. The first-order valence-electron chi connectivity index (χ1n) is 12.0. The second kappa shape index (κ2) is 10.8. The average molecular weight is 505 g/mol. The standard InChI is InChI=1S/C17H18FN5.C10H9NOS.H2/c1-12-5-6-13(9-14(12)18)23-10-15-16(21-23)17(20-11-19-15)22-7-3-2-4-8-22;12-7-11-6-8-1-2-10-9(5-8)3-4-13-10;/h5-6,9-11H,2-4,7-8H2,1H3;1-5,7H,6H2,(H,11,12);1H. The lowest BCUT2D eigenvalue weighted by Crippen LogP contribution is -2.30. The molecule has 9 heteroatoms. The van der Waals surface area contributed by atoms with E-state index in [1.54, 1.807) is 35.3 Å². The van der Waals surface area contributed by atoms with Gasteiger partial charge in [-0.15, -0.1) is 11.3 Å². The highest BCUT2D eigenvalue weighted by molar-refractivity contribution is 7.17. The third-order valence-corrected chi connectivity index (χ3v) is 7.16. The summed E-state index contributed by atoms with van der Waals surface area (Å²) >= 11 is 1.73. The van der Waals surface area contributed by atoms with Crippen LogP contribution in [0.2, 0.25) is 0 Å². The third-order valence-electron chi connectivity index (χ3n) is 6.27. The number of anilines is 1. The number of carbonyl (C=O) groups is 1. The maximum Gasteiger partial charge on any atom is 0.207 e. The van der Waals surface area contributed by atoms with Crippen molar-refractivity contribution in [3.05, 3.63) is 77.3 Å². The summed E-state index contributed by atoms with van der Waals surface area (Å²) in [5.41, 5.74) is 4.00. The Morgan fingerprint density at radius 2 is 1.97 bits per heavy atom. The summed E-state index contributed by atoms with van der Waals surface area (Å²) < 4.78 is 16.8. The lowest BCUT2D eigenvalue weighted by Gasteiger charge is -2.27. The summed E-state index contributed by atoms with van der Waals surface area (Å²) in [5.74, 6) is 0.644. The van der Waals surface area contributed by atoms with E-state index in [4.69, 9.17) is 0 Å². The molecule has 186 valence electrons. The van der Waals surface area contributed by atoms with Gasteiger partial charge in [0, 0.05) is 25.8 Å². The number of piperidine rings is 1. The molecule has 0 unspecified atom stereocenters. The highest BCUT2D eigenvalue weighted by Crippen LogP contribution is 2.26. The van der Waals surface area contributed by atoms with Crippen molar-refractivity contribution in [2.45, 2.75) is 32.7 Å².